The van der Waals surface area contributed by atoms with Crippen molar-refractivity contribution >= 4 is 0 Å². The minimum absolute atomic E-state index is 0.300. The van der Waals surface area contributed by atoms with Gasteiger partial charge in [0.25, 0.3) is 0 Å². The topological polar surface area (TPSA) is 39.1 Å². The van der Waals surface area contributed by atoms with Crippen molar-refractivity contribution in [2.75, 3.05) is 13.1 Å². The maximum Gasteiger partial charge on any atom is 0.104 e. The monoisotopic (exact) mass is 277 g/mol. The van der Waals surface area contributed by atoms with Crippen molar-refractivity contribution in [3.63, 3.8) is 0 Å². The molecule has 0 aromatic rings. The number of likely N-dealkylation sites (tertiary alicyclic amines) is 1. The van der Waals surface area contributed by atoms with E-state index in [9.17, 15) is 5.26 Å². The molecule has 1 aliphatic heterocycles. The molecule has 3 heteroatoms. The molecule has 20 heavy (non-hydrogen) atoms. The van der Waals surface area contributed by atoms with Gasteiger partial charge in [-0.15, -0.1) is 0 Å². The molecule has 1 N–H and O–H groups in total. The standard InChI is InChI=1S/C17H31N3/c1-15-8-4-3-6-12-20(15)13-7-5-11-17(2,14-18)19-16-9-10-16/h15-16,19H,3-13H2,1-2H3. The second-order valence-electron chi connectivity index (χ2n) is 7.05. The summed E-state index contributed by atoms with van der Waals surface area (Å²) in [6.07, 6.45) is 11.4. The third-order valence-electron chi connectivity index (χ3n) is 4.91. The van der Waals surface area contributed by atoms with E-state index in [1.807, 2.05) is 0 Å². The SMILES string of the molecule is CC1CCCCCN1CCCCC(C)(C#N)NC1CC1. The summed E-state index contributed by atoms with van der Waals surface area (Å²) in [6, 6.07) is 3.85. The minimum Gasteiger partial charge on any atom is -0.301 e. The van der Waals surface area contributed by atoms with Gasteiger partial charge in [-0.3, -0.25) is 5.32 Å². The van der Waals surface area contributed by atoms with Crippen molar-refractivity contribution in [1.29, 1.82) is 5.26 Å². The quantitative estimate of drug-likeness (QED) is 0.724. The van der Waals surface area contributed by atoms with Gasteiger partial charge in [0.2, 0.25) is 0 Å². The van der Waals surface area contributed by atoms with Crippen molar-refractivity contribution in [3.8, 4) is 6.07 Å². The highest BCUT2D eigenvalue weighted by Gasteiger charge is 2.31. The van der Waals surface area contributed by atoms with E-state index >= 15 is 0 Å². The summed E-state index contributed by atoms with van der Waals surface area (Å²) >= 11 is 0. The molecule has 2 rings (SSSR count). The molecule has 0 aromatic carbocycles. The predicted molar refractivity (Wildman–Crippen MR) is 83.5 cm³/mol. The van der Waals surface area contributed by atoms with Crippen LogP contribution in [-0.2, 0) is 0 Å². The van der Waals surface area contributed by atoms with Crippen molar-refractivity contribution in [2.45, 2.75) is 89.3 Å². The summed E-state index contributed by atoms with van der Waals surface area (Å²) < 4.78 is 0. The molecule has 0 aromatic heterocycles. The molecule has 2 aliphatic rings. The zero-order valence-electron chi connectivity index (χ0n) is 13.3. The average molecular weight is 277 g/mol. The van der Waals surface area contributed by atoms with E-state index in [1.165, 1.54) is 58.0 Å². The molecule has 0 spiro atoms. The van der Waals surface area contributed by atoms with Gasteiger partial charge in [-0.25, -0.2) is 0 Å². The first kappa shape index (κ1) is 15.8. The molecular formula is C17H31N3. The van der Waals surface area contributed by atoms with Gasteiger partial charge in [-0.05, 0) is 71.9 Å². The maximum atomic E-state index is 9.37. The van der Waals surface area contributed by atoms with Crippen LogP contribution in [0.4, 0.5) is 0 Å². The van der Waals surface area contributed by atoms with Gasteiger partial charge in [0, 0.05) is 12.1 Å². The molecule has 1 aliphatic carbocycles. The fourth-order valence-electron chi connectivity index (χ4n) is 3.30. The fourth-order valence-corrected chi connectivity index (χ4v) is 3.30. The van der Waals surface area contributed by atoms with Crippen LogP contribution in [0.1, 0.15) is 71.6 Å². The third kappa shape index (κ3) is 5.07. The van der Waals surface area contributed by atoms with Crippen LogP contribution in [0.25, 0.3) is 0 Å². The second-order valence-corrected chi connectivity index (χ2v) is 7.05. The van der Waals surface area contributed by atoms with Crippen molar-refractivity contribution in [3.05, 3.63) is 0 Å². The normalized spacial score (nSPS) is 27.6. The minimum atomic E-state index is -0.300. The zero-order valence-corrected chi connectivity index (χ0v) is 13.3. The van der Waals surface area contributed by atoms with Gasteiger partial charge in [-0.2, -0.15) is 5.26 Å². The lowest BCUT2D eigenvalue weighted by Gasteiger charge is -2.28. The third-order valence-corrected chi connectivity index (χ3v) is 4.91. The highest BCUT2D eigenvalue weighted by Crippen LogP contribution is 2.25. The van der Waals surface area contributed by atoms with E-state index in [-0.39, 0.29) is 5.54 Å². The fraction of sp³-hybridized carbons (Fsp3) is 0.941. The van der Waals surface area contributed by atoms with E-state index in [0.29, 0.717) is 6.04 Å². The number of unbranched alkanes of at least 4 members (excludes halogenated alkanes) is 1. The molecule has 0 bridgehead atoms. The van der Waals surface area contributed by atoms with Crippen molar-refractivity contribution in [2.24, 2.45) is 0 Å². The molecular weight excluding hydrogens is 246 g/mol. The molecule has 1 saturated carbocycles. The Balaban J connectivity index is 1.65. The lowest BCUT2D eigenvalue weighted by molar-refractivity contribution is 0.207. The van der Waals surface area contributed by atoms with Crippen LogP contribution in [0.5, 0.6) is 0 Å². The summed E-state index contributed by atoms with van der Waals surface area (Å²) in [5, 5.41) is 12.9. The first-order valence-electron chi connectivity index (χ1n) is 8.56. The van der Waals surface area contributed by atoms with Crippen LogP contribution >= 0.6 is 0 Å². The molecule has 0 radical (unpaired) electrons. The van der Waals surface area contributed by atoms with Crippen molar-refractivity contribution < 1.29 is 0 Å². The van der Waals surface area contributed by atoms with Crippen LogP contribution in [-0.4, -0.2) is 35.6 Å². The van der Waals surface area contributed by atoms with Gasteiger partial charge < -0.3 is 4.90 Å². The number of hydrogen-bond acceptors (Lipinski definition) is 3. The average Bonchev–Trinajstić information content (AvgIpc) is 3.25. The second kappa shape index (κ2) is 7.43. The van der Waals surface area contributed by atoms with Gasteiger partial charge in [-0.1, -0.05) is 12.8 Å². The lowest BCUT2D eigenvalue weighted by atomic mass is 9.96. The summed E-state index contributed by atoms with van der Waals surface area (Å²) in [6.45, 7) is 6.93. The van der Waals surface area contributed by atoms with Crippen LogP contribution in [0.2, 0.25) is 0 Å². The number of nitrogens with one attached hydrogen (secondary N) is 1. The highest BCUT2D eigenvalue weighted by atomic mass is 15.1. The molecule has 1 heterocycles. The Morgan fingerprint density at radius 1 is 1.20 bits per heavy atom. The Kier molecular flexibility index (Phi) is 5.86. The first-order valence-corrected chi connectivity index (χ1v) is 8.56. The molecule has 3 nitrogen and oxygen atoms in total. The van der Waals surface area contributed by atoms with Gasteiger partial charge in [0.1, 0.15) is 5.54 Å². The van der Waals surface area contributed by atoms with E-state index in [2.05, 4.69) is 30.1 Å². The molecule has 114 valence electrons. The summed E-state index contributed by atoms with van der Waals surface area (Å²) in [5.41, 5.74) is -0.300. The Morgan fingerprint density at radius 3 is 2.70 bits per heavy atom. The molecule has 2 unspecified atom stereocenters. The largest absolute Gasteiger partial charge is 0.301 e. The number of nitrogens with zero attached hydrogens (tertiary/aromatic N) is 2. The van der Waals surface area contributed by atoms with Gasteiger partial charge in [0.15, 0.2) is 0 Å². The van der Waals surface area contributed by atoms with E-state index in [4.69, 9.17) is 0 Å². The first-order chi connectivity index (χ1) is 9.63. The van der Waals surface area contributed by atoms with Gasteiger partial charge in [0.05, 0.1) is 6.07 Å². The summed E-state index contributed by atoms with van der Waals surface area (Å²) in [4.78, 5) is 2.66. The summed E-state index contributed by atoms with van der Waals surface area (Å²) in [7, 11) is 0. The zero-order chi connectivity index (χ0) is 14.4. The summed E-state index contributed by atoms with van der Waals surface area (Å²) in [5.74, 6) is 0. The highest BCUT2D eigenvalue weighted by molar-refractivity contribution is 5.06. The molecule has 2 fully saturated rings. The number of nitriles is 1. The molecule has 0 amide bonds. The van der Waals surface area contributed by atoms with Crippen LogP contribution in [0, 0.1) is 11.3 Å². The van der Waals surface area contributed by atoms with Crippen molar-refractivity contribution in [1.82, 2.24) is 10.2 Å². The smallest absolute Gasteiger partial charge is 0.104 e. The number of hydrogen-bond donors (Lipinski definition) is 1. The van der Waals surface area contributed by atoms with Crippen LogP contribution in [0.3, 0.4) is 0 Å². The Bertz CT molecular complexity index is 332. The van der Waals surface area contributed by atoms with E-state index in [1.54, 1.807) is 0 Å². The maximum absolute atomic E-state index is 9.37. The number of rotatable bonds is 7. The van der Waals surface area contributed by atoms with Crippen LogP contribution in [0.15, 0.2) is 0 Å². The van der Waals surface area contributed by atoms with Crippen LogP contribution < -0.4 is 5.32 Å². The Labute approximate surface area is 124 Å². The van der Waals surface area contributed by atoms with E-state index < -0.39 is 0 Å². The Morgan fingerprint density at radius 2 is 2.00 bits per heavy atom. The molecule has 1 saturated heterocycles. The predicted octanol–water partition coefficient (Wildman–Crippen LogP) is 3.46. The Hall–Kier alpha value is -0.590. The lowest BCUT2D eigenvalue weighted by Crippen LogP contribution is -2.42. The van der Waals surface area contributed by atoms with Gasteiger partial charge >= 0.3 is 0 Å². The van der Waals surface area contributed by atoms with E-state index in [0.717, 1.165) is 18.9 Å². The molecule has 2 atom stereocenters.